The summed E-state index contributed by atoms with van der Waals surface area (Å²) >= 11 is 1.89. The third kappa shape index (κ3) is 2.69. The van der Waals surface area contributed by atoms with Gasteiger partial charge in [0.2, 0.25) is 0 Å². The highest BCUT2D eigenvalue weighted by Gasteiger charge is 2.21. The lowest BCUT2D eigenvalue weighted by molar-refractivity contribution is 1.24. The Morgan fingerprint density at radius 1 is 0.750 bits per heavy atom. The van der Waals surface area contributed by atoms with Crippen LogP contribution in [-0.2, 0) is 21.8 Å². The Bertz CT molecular complexity index is 595. The smallest absolute Gasteiger partial charge is 0.155 e. The maximum Gasteiger partial charge on any atom is 0.155 e. The van der Waals surface area contributed by atoms with Crippen LogP contribution in [0.3, 0.4) is 0 Å². The minimum Gasteiger partial charge on any atom is -0.354 e. The number of hydrogen-bond donors (Lipinski definition) is 1. The van der Waals surface area contributed by atoms with E-state index in [9.17, 15) is 0 Å². The van der Waals surface area contributed by atoms with Crippen molar-refractivity contribution in [3.63, 3.8) is 0 Å². The SMILES string of the molecule is C[S+](C)c1ccc2c(c1)Sc1cc([S+](C)C)ccc1N2. The van der Waals surface area contributed by atoms with Gasteiger partial charge in [0.15, 0.2) is 9.79 Å². The molecule has 1 aliphatic heterocycles. The van der Waals surface area contributed by atoms with Gasteiger partial charge < -0.3 is 5.32 Å². The van der Waals surface area contributed by atoms with Gasteiger partial charge in [-0.1, -0.05) is 11.8 Å². The van der Waals surface area contributed by atoms with E-state index in [2.05, 4.69) is 66.7 Å². The van der Waals surface area contributed by atoms with Crippen LogP contribution in [0.5, 0.6) is 0 Å². The topological polar surface area (TPSA) is 12.0 Å². The van der Waals surface area contributed by atoms with Gasteiger partial charge in [-0.3, -0.25) is 0 Å². The molecule has 0 atom stereocenters. The molecule has 0 unspecified atom stereocenters. The Morgan fingerprint density at radius 2 is 1.20 bits per heavy atom. The van der Waals surface area contributed by atoms with Gasteiger partial charge in [0, 0.05) is 43.7 Å². The first kappa shape index (κ1) is 14.2. The molecule has 2 aromatic rings. The van der Waals surface area contributed by atoms with Crippen LogP contribution < -0.4 is 5.32 Å². The predicted octanol–water partition coefficient (Wildman–Crippen LogP) is 4.37. The fourth-order valence-corrected chi connectivity index (χ4v) is 4.76. The Morgan fingerprint density at radius 3 is 1.60 bits per heavy atom. The number of rotatable bonds is 2. The molecule has 0 saturated heterocycles. The molecule has 0 bridgehead atoms. The monoisotopic (exact) mass is 321 g/mol. The molecular weight excluding hydrogens is 302 g/mol. The molecule has 0 aromatic heterocycles. The molecule has 0 fully saturated rings. The number of fused-ring (bicyclic) bond motifs is 2. The van der Waals surface area contributed by atoms with Crippen molar-refractivity contribution in [2.75, 3.05) is 30.3 Å². The van der Waals surface area contributed by atoms with E-state index in [0.29, 0.717) is 21.8 Å². The van der Waals surface area contributed by atoms with Gasteiger partial charge in [0.1, 0.15) is 25.0 Å². The second-order valence-corrected chi connectivity index (χ2v) is 10.5. The summed E-state index contributed by atoms with van der Waals surface area (Å²) in [6.45, 7) is 0. The summed E-state index contributed by atoms with van der Waals surface area (Å²) in [6.07, 6.45) is 9.09. The van der Waals surface area contributed by atoms with E-state index in [1.165, 1.54) is 31.0 Å². The quantitative estimate of drug-likeness (QED) is 0.704. The summed E-state index contributed by atoms with van der Waals surface area (Å²) in [5.74, 6) is 0. The summed E-state index contributed by atoms with van der Waals surface area (Å²) in [5, 5.41) is 3.56. The van der Waals surface area contributed by atoms with Crippen LogP contribution in [-0.4, -0.2) is 25.0 Å². The molecule has 3 rings (SSSR count). The zero-order valence-electron chi connectivity index (χ0n) is 12.2. The van der Waals surface area contributed by atoms with E-state index in [4.69, 9.17) is 0 Å². The molecule has 20 heavy (non-hydrogen) atoms. The van der Waals surface area contributed by atoms with Gasteiger partial charge >= 0.3 is 0 Å². The van der Waals surface area contributed by atoms with E-state index < -0.39 is 0 Å². The van der Waals surface area contributed by atoms with Crippen LogP contribution in [0.25, 0.3) is 0 Å². The third-order valence-electron chi connectivity index (χ3n) is 3.34. The Kier molecular flexibility index (Phi) is 3.98. The van der Waals surface area contributed by atoms with Crippen molar-refractivity contribution in [1.82, 2.24) is 0 Å². The van der Waals surface area contributed by atoms with Crippen molar-refractivity contribution in [3.8, 4) is 0 Å². The van der Waals surface area contributed by atoms with E-state index in [1.807, 2.05) is 11.8 Å². The molecule has 0 saturated carbocycles. The summed E-state index contributed by atoms with van der Waals surface area (Å²) in [7, 11) is 0.627. The van der Waals surface area contributed by atoms with Gasteiger partial charge in [-0.05, 0) is 24.3 Å². The molecule has 0 spiro atoms. The van der Waals surface area contributed by atoms with Crippen molar-refractivity contribution in [3.05, 3.63) is 36.4 Å². The van der Waals surface area contributed by atoms with E-state index >= 15 is 0 Å². The van der Waals surface area contributed by atoms with Crippen molar-refractivity contribution in [1.29, 1.82) is 0 Å². The number of hydrogen-bond acceptors (Lipinski definition) is 2. The van der Waals surface area contributed by atoms with E-state index in [0.717, 1.165) is 0 Å². The minimum absolute atomic E-state index is 0.314. The van der Waals surface area contributed by atoms with Gasteiger partial charge in [-0.25, -0.2) is 0 Å². The van der Waals surface area contributed by atoms with Crippen molar-refractivity contribution < 1.29 is 0 Å². The second kappa shape index (κ2) is 5.58. The molecule has 1 nitrogen and oxygen atoms in total. The molecule has 0 aliphatic carbocycles. The first-order valence-corrected chi connectivity index (χ1v) is 11.3. The molecule has 1 heterocycles. The molecule has 0 amide bonds. The van der Waals surface area contributed by atoms with Gasteiger partial charge in [0.05, 0.1) is 11.4 Å². The second-order valence-electron chi connectivity index (χ2n) is 5.18. The third-order valence-corrected chi connectivity index (χ3v) is 6.85. The molecule has 4 heteroatoms. The minimum atomic E-state index is 0.314. The number of benzene rings is 2. The van der Waals surface area contributed by atoms with E-state index in [1.54, 1.807) is 0 Å². The fourth-order valence-electron chi connectivity index (χ4n) is 2.15. The fraction of sp³-hybridized carbons (Fsp3) is 0.250. The molecule has 2 aromatic carbocycles. The summed E-state index contributed by atoms with van der Waals surface area (Å²) < 4.78 is 0. The zero-order valence-corrected chi connectivity index (χ0v) is 14.6. The summed E-state index contributed by atoms with van der Waals surface area (Å²) in [6, 6.07) is 13.6. The first-order valence-electron chi connectivity index (χ1n) is 6.43. The van der Waals surface area contributed by atoms with Crippen molar-refractivity contribution in [2.45, 2.75) is 19.6 Å². The molecule has 1 N–H and O–H groups in total. The van der Waals surface area contributed by atoms with Crippen LogP contribution in [0.15, 0.2) is 56.0 Å². The molecule has 104 valence electrons. The molecular formula is C16H19NS3+2. The lowest BCUT2D eigenvalue weighted by Crippen LogP contribution is -2.04. The Balaban J connectivity index is 1.99. The normalized spacial score (nSPS) is 13.1. The maximum absolute atomic E-state index is 3.56. The van der Waals surface area contributed by atoms with Crippen LogP contribution >= 0.6 is 11.8 Å². The Hall–Kier alpha value is -0.710. The van der Waals surface area contributed by atoms with Gasteiger partial charge in [-0.15, -0.1) is 0 Å². The standard InChI is InChI=1S/C16H19NS3/c1-19(2)11-5-7-13-15(9-11)18-16-10-12(20(3)4)6-8-14(16)17-13/h5-10,17H,1-4H3/q+2. The zero-order chi connectivity index (χ0) is 14.3. The maximum atomic E-state index is 3.56. The van der Waals surface area contributed by atoms with Crippen LogP contribution in [0, 0.1) is 0 Å². The lowest BCUT2D eigenvalue weighted by Gasteiger charge is -2.21. The van der Waals surface area contributed by atoms with Crippen LogP contribution in [0.1, 0.15) is 0 Å². The van der Waals surface area contributed by atoms with Gasteiger partial charge in [-0.2, -0.15) is 0 Å². The highest BCUT2D eigenvalue weighted by molar-refractivity contribution is 8.00. The molecule has 0 radical (unpaired) electrons. The average molecular weight is 322 g/mol. The van der Waals surface area contributed by atoms with Crippen molar-refractivity contribution in [2.24, 2.45) is 0 Å². The van der Waals surface area contributed by atoms with Gasteiger partial charge in [0.25, 0.3) is 0 Å². The largest absolute Gasteiger partial charge is 0.354 e. The predicted molar refractivity (Wildman–Crippen MR) is 95.2 cm³/mol. The van der Waals surface area contributed by atoms with Crippen LogP contribution in [0.2, 0.25) is 0 Å². The number of nitrogens with one attached hydrogen (secondary N) is 1. The lowest BCUT2D eigenvalue weighted by atomic mass is 10.2. The summed E-state index contributed by atoms with van der Waals surface area (Å²) in [5.41, 5.74) is 2.47. The average Bonchev–Trinajstić information content (AvgIpc) is 2.43. The summed E-state index contributed by atoms with van der Waals surface area (Å²) in [4.78, 5) is 5.56. The van der Waals surface area contributed by atoms with Crippen molar-refractivity contribution >= 4 is 44.9 Å². The molecule has 1 aliphatic rings. The number of anilines is 2. The van der Waals surface area contributed by atoms with E-state index in [-0.39, 0.29) is 0 Å². The first-order chi connectivity index (χ1) is 9.54. The Labute approximate surface area is 131 Å². The highest BCUT2D eigenvalue weighted by atomic mass is 32.2. The van der Waals surface area contributed by atoms with Crippen LogP contribution in [0.4, 0.5) is 11.4 Å². The highest BCUT2D eigenvalue weighted by Crippen LogP contribution is 2.45.